The zero-order valence-corrected chi connectivity index (χ0v) is 12.6. The largest absolute Gasteiger partial charge is 0.481 e. The van der Waals surface area contributed by atoms with E-state index in [9.17, 15) is 15.0 Å². The van der Waals surface area contributed by atoms with Crippen molar-refractivity contribution in [1.82, 2.24) is 0 Å². The van der Waals surface area contributed by atoms with Gasteiger partial charge in [0.15, 0.2) is 0 Å². The molecule has 1 rings (SSSR count). The van der Waals surface area contributed by atoms with Gasteiger partial charge in [-0.1, -0.05) is 38.3 Å². The number of hydrogen-bond donors (Lipinski definition) is 3. The van der Waals surface area contributed by atoms with Gasteiger partial charge in [-0.15, -0.1) is 0 Å². The molecule has 1 aliphatic rings. The van der Waals surface area contributed by atoms with Gasteiger partial charge in [-0.25, -0.2) is 0 Å². The van der Waals surface area contributed by atoms with Crippen LogP contribution in [0.25, 0.3) is 0 Å². The fraction of sp³-hybridized carbons (Fsp3) is 0.812. The maximum absolute atomic E-state index is 10.8. The third-order valence-corrected chi connectivity index (χ3v) is 4.36. The molecular weight excluding hydrogens is 256 g/mol. The second-order valence-corrected chi connectivity index (χ2v) is 6.01. The molecule has 4 atom stereocenters. The number of aliphatic carboxylic acids is 1. The van der Waals surface area contributed by atoms with Crippen LogP contribution < -0.4 is 0 Å². The number of unbranched alkanes of at least 4 members (excludes halogenated alkanes) is 1. The van der Waals surface area contributed by atoms with Gasteiger partial charge in [0.2, 0.25) is 0 Å². The molecule has 0 aromatic carbocycles. The van der Waals surface area contributed by atoms with Crippen molar-refractivity contribution in [3.05, 3.63) is 11.6 Å². The highest BCUT2D eigenvalue weighted by Crippen LogP contribution is 2.33. The molecule has 0 radical (unpaired) electrons. The van der Waals surface area contributed by atoms with Crippen molar-refractivity contribution in [2.24, 2.45) is 11.8 Å². The van der Waals surface area contributed by atoms with Crippen molar-refractivity contribution in [2.45, 2.75) is 71.0 Å². The first-order chi connectivity index (χ1) is 9.45. The van der Waals surface area contributed by atoms with Gasteiger partial charge in [0.25, 0.3) is 0 Å². The second-order valence-electron chi connectivity index (χ2n) is 6.01. The van der Waals surface area contributed by atoms with Gasteiger partial charge in [-0.3, -0.25) is 4.79 Å². The Morgan fingerprint density at radius 3 is 2.75 bits per heavy atom. The summed E-state index contributed by atoms with van der Waals surface area (Å²) in [7, 11) is 0. The lowest BCUT2D eigenvalue weighted by molar-refractivity contribution is -0.138. The van der Waals surface area contributed by atoms with E-state index in [1.807, 2.05) is 6.08 Å². The smallest absolute Gasteiger partial charge is 0.304 e. The topological polar surface area (TPSA) is 77.8 Å². The number of aliphatic hydroxyl groups is 2. The predicted molar refractivity (Wildman–Crippen MR) is 78.4 cm³/mol. The number of hydrogen-bond acceptors (Lipinski definition) is 3. The molecule has 0 heterocycles. The Labute approximate surface area is 121 Å². The minimum absolute atomic E-state index is 0.0194. The molecule has 0 saturated carbocycles. The summed E-state index contributed by atoms with van der Waals surface area (Å²) in [6.45, 7) is 4.20. The maximum Gasteiger partial charge on any atom is 0.304 e. The molecular formula is C16H28O4. The summed E-state index contributed by atoms with van der Waals surface area (Å²) < 4.78 is 0. The van der Waals surface area contributed by atoms with Gasteiger partial charge >= 0.3 is 5.97 Å². The quantitative estimate of drug-likeness (QED) is 0.569. The molecule has 4 nitrogen and oxygen atoms in total. The second kappa shape index (κ2) is 8.42. The summed E-state index contributed by atoms with van der Waals surface area (Å²) in [5.74, 6) is -0.871. The molecule has 0 saturated heterocycles. The zero-order valence-electron chi connectivity index (χ0n) is 12.6. The average Bonchev–Trinajstić information content (AvgIpc) is 2.74. The van der Waals surface area contributed by atoms with E-state index in [0.29, 0.717) is 19.3 Å². The minimum Gasteiger partial charge on any atom is -0.481 e. The van der Waals surface area contributed by atoms with Crippen LogP contribution >= 0.6 is 0 Å². The van der Waals surface area contributed by atoms with Gasteiger partial charge < -0.3 is 15.3 Å². The number of rotatable bonds is 9. The number of aliphatic hydroxyl groups excluding tert-OH is 2. The Balaban J connectivity index is 2.41. The van der Waals surface area contributed by atoms with Gasteiger partial charge in [-0.2, -0.15) is 0 Å². The average molecular weight is 284 g/mol. The standard InChI is InChI=1S/C16H28O4/c1-3-4-5-11(2)14(17)8-6-12-7-9-15(18)13(12)10-16(19)20/h7,11,13-15,17-18H,3-6,8-10H2,1-2H3,(H,19,20). The van der Waals surface area contributed by atoms with Gasteiger partial charge in [0, 0.05) is 5.92 Å². The molecule has 4 heteroatoms. The van der Waals surface area contributed by atoms with Crippen molar-refractivity contribution >= 4 is 5.97 Å². The van der Waals surface area contributed by atoms with E-state index < -0.39 is 12.1 Å². The fourth-order valence-electron chi connectivity index (χ4n) is 2.90. The Morgan fingerprint density at radius 1 is 1.45 bits per heavy atom. The molecule has 0 aliphatic heterocycles. The Bertz CT molecular complexity index is 337. The molecule has 4 unspecified atom stereocenters. The first-order valence-corrected chi connectivity index (χ1v) is 7.72. The van der Waals surface area contributed by atoms with Crippen molar-refractivity contribution in [1.29, 1.82) is 0 Å². The highest BCUT2D eigenvalue weighted by atomic mass is 16.4. The molecule has 0 bridgehead atoms. The minimum atomic E-state index is -0.876. The summed E-state index contributed by atoms with van der Waals surface area (Å²) in [5, 5.41) is 28.8. The van der Waals surface area contributed by atoms with Gasteiger partial charge in [0.05, 0.1) is 18.6 Å². The summed E-state index contributed by atoms with van der Waals surface area (Å²) >= 11 is 0. The molecule has 0 spiro atoms. The number of carboxylic acids is 1. The fourth-order valence-corrected chi connectivity index (χ4v) is 2.90. The van der Waals surface area contributed by atoms with Crippen molar-refractivity contribution in [3.63, 3.8) is 0 Å². The van der Waals surface area contributed by atoms with Crippen LogP contribution in [0.5, 0.6) is 0 Å². The van der Waals surface area contributed by atoms with E-state index in [4.69, 9.17) is 5.11 Å². The third kappa shape index (κ3) is 5.25. The Hall–Kier alpha value is -0.870. The van der Waals surface area contributed by atoms with E-state index in [0.717, 1.165) is 24.8 Å². The monoisotopic (exact) mass is 284 g/mol. The molecule has 0 aromatic rings. The normalized spacial score (nSPS) is 25.3. The highest BCUT2D eigenvalue weighted by Gasteiger charge is 2.30. The van der Waals surface area contributed by atoms with Crippen LogP contribution in [0.3, 0.4) is 0 Å². The van der Waals surface area contributed by atoms with Crippen LogP contribution in [-0.4, -0.2) is 33.5 Å². The van der Waals surface area contributed by atoms with Crippen LogP contribution in [0.15, 0.2) is 11.6 Å². The van der Waals surface area contributed by atoms with E-state index in [1.165, 1.54) is 0 Å². The van der Waals surface area contributed by atoms with Gasteiger partial charge in [-0.05, 0) is 31.6 Å². The van der Waals surface area contributed by atoms with Crippen LogP contribution in [0, 0.1) is 11.8 Å². The first kappa shape index (κ1) is 17.2. The Kier molecular flexibility index (Phi) is 7.24. The first-order valence-electron chi connectivity index (χ1n) is 7.72. The van der Waals surface area contributed by atoms with E-state index in [1.54, 1.807) is 0 Å². The lowest BCUT2D eigenvalue weighted by Gasteiger charge is -2.21. The summed E-state index contributed by atoms with van der Waals surface area (Å²) in [6.07, 6.45) is 6.17. The van der Waals surface area contributed by atoms with E-state index in [-0.39, 0.29) is 24.4 Å². The number of carbonyl (C=O) groups is 1. The highest BCUT2D eigenvalue weighted by molar-refractivity contribution is 5.67. The van der Waals surface area contributed by atoms with Crippen LogP contribution in [0.2, 0.25) is 0 Å². The molecule has 116 valence electrons. The summed E-state index contributed by atoms with van der Waals surface area (Å²) in [4.78, 5) is 10.8. The summed E-state index contributed by atoms with van der Waals surface area (Å²) in [5.41, 5.74) is 1.00. The third-order valence-electron chi connectivity index (χ3n) is 4.36. The van der Waals surface area contributed by atoms with Crippen molar-refractivity contribution in [3.8, 4) is 0 Å². The molecule has 1 aliphatic carbocycles. The molecule has 0 amide bonds. The predicted octanol–water partition coefficient (Wildman–Crippen LogP) is 2.74. The lowest BCUT2D eigenvalue weighted by atomic mass is 9.89. The molecule has 0 aromatic heterocycles. The Morgan fingerprint density at radius 2 is 2.15 bits per heavy atom. The van der Waals surface area contributed by atoms with Gasteiger partial charge in [0.1, 0.15) is 0 Å². The van der Waals surface area contributed by atoms with Crippen LogP contribution in [-0.2, 0) is 4.79 Å². The lowest BCUT2D eigenvalue weighted by Crippen LogP contribution is -2.22. The molecule has 0 fully saturated rings. The van der Waals surface area contributed by atoms with E-state index >= 15 is 0 Å². The molecule has 3 N–H and O–H groups in total. The van der Waals surface area contributed by atoms with E-state index in [2.05, 4.69) is 13.8 Å². The summed E-state index contributed by atoms with van der Waals surface area (Å²) in [6, 6.07) is 0. The number of carboxylic acid groups (broad SMARTS) is 1. The molecule has 20 heavy (non-hydrogen) atoms. The SMILES string of the molecule is CCCCC(C)C(O)CCC1=CCC(O)C1CC(=O)O. The van der Waals surface area contributed by atoms with Crippen molar-refractivity contribution < 1.29 is 20.1 Å². The van der Waals surface area contributed by atoms with Crippen LogP contribution in [0.1, 0.15) is 58.8 Å². The zero-order chi connectivity index (χ0) is 15.1. The van der Waals surface area contributed by atoms with Crippen LogP contribution in [0.4, 0.5) is 0 Å². The van der Waals surface area contributed by atoms with Crippen molar-refractivity contribution in [2.75, 3.05) is 0 Å². The maximum atomic E-state index is 10.8.